The van der Waals surface area contributed by atoms with E-state index in [2.05, 4.69) is 10.4 Å². The summed E-state index contributed by atoms with van der Waals surface area (Å²) in [7, 11) is 0. The Morgan fingerprint density at radius 1 is 1.04 bits per heavy atom. The van der Waals surface area contributed by atoms with Gasteiger partial charge in [0.05, 0.1) is 11.4 Å². The summed E-state index contributed by atoms with van der Waals surface area (Å²) in [5.41, 5.74) is 5.96. The van der Waals surface area contributed by atoms with Crippen LogP contribution in [0.2, 0.25) is 0 Å². The zero-order valence-corrected chi connectivity index (χ0v) is 14.2. The number of carbonyl (C=O) groups excluding carboxylic acids is 1. The van der Waals surface area contributed by atoms with Crippen LogP contribution in [0.4, 0.5) is 0 Å². The average molecular weight is 319 g/mol. The van der Waals surface area contributed by atoms with Crippen molar-refractivity contribution in [3.63, 3.8) is 0 Å². The zero-order chi connectivity index (χ0) is 17.1. The second kappa shape index (κ2) is 6.71. The highest BCUT2D eigenvalue weighted by Crippen LogP contribution is 2.13. The Morgan fingerprint density at radius 2 is 1.75 bits per heavy atom. The minimum Gasteiger partial charge on any atom is -0.348 e. The van der Waals surface area contributed by atoms with E-state index in [1.165, 1.54) is 5.56 Å². The molecule has 0 atom stereocenters. The summed E-state index contributed by atoms with van der Waals surface area (Å²) in [4.78, 5) is 12.3. The van der Waals surface area contributed by atoms with E-state index in [0.29, 0.717) is 12.1 Å². The fourth-order valence-electron chi connectivity index (χ4n) is 2.73. The monoisotopic (exact) mass is 319 g/mol. The lowest BCUT2D eigenvalue weighted by molar-refractivity contribution is 0.0951. The van der Waals surface area contributed by atoms with E-state index in [-0.39, 0.29) is 5.91 Å². The van der Waals surface area contributed by atoms with Crippen molar-refractivity contribution in [2.75, 3.05) is 0 Å². The summed E-state index contributed by atoms with van der Waals surface area (Å²) in [6.07, 6.45) is 0. The van der Waals surface area contributed by atoms with Crippen LogP contribution >= 0.6 is 0 Å². The lowest BCUT2D eigenvalue weighted by Gasteiger charge is -2.09. The maximum absolute atomic E-state index is 12.3. The van der Waals surface area contributed by atoms with Gasteiger partial charge in [0.2, 0.25) is 0 Å². The number of hydrogen-bond acceptors (Lipinski definition) is 2. The molecule has 3 rings (SSSR count). The lowest BCUT2D eigenvalue weighted by Crippen LogP contribution is -2.23. The first-order valence-electron chi connectivity index (χ1n) is 8.01. The van der Waals surface area contributed by atoms with E-state index in [4.69, 9.17) is 0 Å². The first kappa shape index (κ1) is 16.0. The first-order valence-corrected chi connectivity index (χ1v) is 8.01. The summed E-state index contributed by atoms with van der Waals surface area (Å²) in [6.45, 7) is 6.56. The van der Waals surface area contributed by atoms with Crippen LogP contribution in [0, 0.1) is 20.8 Å². The van der Waals surface area contributed by atoms with Crippen molar-refractivity contribution in [2.45, 2.75) is 27.3 Å². The van der Waals surface area contributed by atoms with Gasteiger partial charge in [0.15, 0.2) is 0 Å². The van der Waals surface area contributed by atoms with Crippen LogP contribution in [0.1, 0.15) is 32.9 Å². The zero-order valence-electron chi connectivity index (χ0n) is 14.2. The van der Waals surface area contributed by atoms with Crippen LogP contribution in [0.15, 0.2) is 54.6 Å². The van der Waals surface area contributed by atoms with Crippen molar-refractivity contribution in [1.82, 2.24) is 15.1 Å². The number of nitrogens with one attached hydrogen (secondary N) is 1. The normalized spacial score (nSPS) is 10.6. The molecule has 0 fully saturated rings. The number of amides is 1. The van der Waals surface area contributed by atoms with Gasteiger partial charge >= 0.3 is 0 Å². The Labute approximate surface area is 142 Å². The molecule has 0 saturated carbocycles. The highest BCUT2D eigenvalue weighted by Gasteiger charge is 2.08. The smallest absolute Gasteiger partial charge is 0.251 e. The van der Waals surface area contributed by atoms with E-state index >= 15 is 0 Å². The van der Waals surface area contributed by atoms with E-state index < -0.39 is 0 Å². The number of aromatic nitrogens is 2. The molecule has 1 amide bonds. The standard InChI is InChI=1S/C20H21N3O/c1-14-6-4-5-7-18(14)13-21-20(24)17-8-10-19(11-9-17)23-16(3)12-15(2)22-23/h4-12H,13H2,1-3H3,(H,21,24). The molecule has 4 nitrogen and oxygen atoms in total. The third-order valence-corrected chi connectivity index (χ3v) is 4.08. The minimum atomic E-state index is -0.0711. The van der Waals surface area contributed by atoms with Crippen LogP contribution < -0.4 is 5.32 Å². The van der Waals surface area contributed by atoms with Gasteiger partial charge in [0, 0.05) is 17.8 Å². The Kier molecular flexibility index (Phi) is 4.47. The third kappa shape index (κ3) is 3.38. The second-order valence-corrected chi connectivity index (χ2v) is 5.99. The summed E-state index contributed by atoms with van der Waals surface area (Å²) in [5, 5.41) is 7.43. The molecule has 1 N–H and O–H groups in total. The molecule has 4 heteroatoms. The number of nitrogens with zero attached hydrogens (tertiary/aromatic N) is 2. The van der Waals surface area contributed by atoms with Gasteiger partial charge in [-0.2, -0.15) is 5.10 Å². The van der Waals surface area contributed by atoms with Crippen molar-refractivity contribution < 1.29 is 4.79 Å². The quantitative estimate of drug-likeness (QED) is 0.796. The van der Waals surface area contributed by atoms with Crippen molar-refractivity contribution in [2.24, 2.45) is 0 Å². The molecule has 2 aromatic carbocycles. The Balaban J connectivity index is 1.70. The van der Waals surface area contributed by atoms with Gasteiger partial charge in [0.25, 0.3) is 5.91 Å². The summed E-state index contributed by atoms with van der Waals surface area (Å²) < 4.78 is 1.88. The molecule has 0 aliphatic rings. The van der Waals surface area contributed by atoms with E-state index in [0.717, 1.165) is 22.6 Å². The molecule has 1 heterocycles. The number of carbonyl (C=O) groups is 1. The molecule has 1 aromatic heterocycles. The molecule has 0 aliphatic carbocycles. The number of hydrogen-bond donors (Lipinski definition) is 1. The second-order valence-electron chi connectivity index (χ2n) is 5.99. The molecule has 0 spiro atoms. The number of aryl methyl sites for hydroxylation is 3. The highest BCUT2D eigenvalue weighted by molar-refractivity contribution is 5.94. The first-order chi connectivity index (χ1) is 11.5. The van der Waals surface area contributed by atoms with Crippen LogP contribution in [0.3, 0.4) is 0 Å². The summed E-state index contributed by atoms with van der Waals surface area (Å²) in [6, 6.07) is 17.6. The van der Waals surface area contributed by atoms with E-state index in [1.807, 2.05) is 80.1 Å². The molecule has 0 radical (unpaired) electrons. The van der Waals surface area contributed by atoms with Crippen LogP contribution in [-0.4, -0.2) is 15.7 Å². The molecule has 0 aliphatic heterocycles. The molecule has 0 bridgehead atoms. The van der Waals surface area contributed by atoms with Gasteiger partial charge in [-0.3, -0.25) is 4.79 Å². The van der Waals surface area contributed by atoms with Crippen molar-refractivity contribution >= 4 is 5.91 Å². The fraction of sp³-hybridized carbons (Fsp3) is 0.200. The molecule has 0 unspecified atom stereocenters. The van der Waals surface area contributed by atoms with Gasteiger partial charge < -0.3 is 5.32 Å². The topological polar surface area (TPSA) is 46.9 Å². The largest absolute Gasteiger partial charge is 0.348 e. The summed E-state index contributed by atoms with van der Waals surface area (Å²) >= 11 is 0. The van der Waals surface area contributed by atoms with Gasteiger partial charge in [-0.15, -0.1) is 0 Å². The molecular weight excluding hydrogens is 298 g/mol. The Hall–Kier alpha value is -2.88. The average Bonchev–Trinajstić information content (AvgIpc) is 2.92. The number of benzene rings is 2. The van der Waals surface area contributed by atoms with Gasteiger partial charge in [0.1, 0.15) is 0 Å². The predicted octanol–water partition coefficient (Wildman–Crippen LogP) is 3.73. The SMILES string of the molecule is Cc1cc(C)n(-c2ccc(C(=O)NCc3ccccc3C)cc2)n1. The van der Waals surface area contributed by atoms with Crippen molar-refractivity contribution in [1.29, 1.82) is 0 Å². The van der Waals surface area contributed by atoms with Crippen molar-refractivity contribution in [3.05, 3.63) is 82.7 Å². The number of rotatable bonds is 4. The van der Waals surface area contributed by atoms with Gasteiger partial charge in [-0.1, -0.05) is 24.3 Å². The van der Waals surface area contributed by atoms with E-state index in [9.17, 15) is 4.79 Å². The molecule has 24 heavy (non-hydrogen) atoms. The van der Waals surface area contributed by atoms with Crippen molar-refractivity contribution in [3.8, 4) is 5.69 Å². The predicted molar refractivity (Wildman–Crippen MR) is 95.4 cm³/mol. The highest BCUT2D eigenvalue weighted by atomic mass is 16.1. The minimum absolute atomic E-state index is 0.0711. The third-order valence-electron chi connectivity index (χ3n) is 4.08. The maximum atomic E-state index is 12.3. The van der Waals surface area contributed by atoms with Crippen LogP contribution in [0.5, 0.6) is 0 Å². The Morgan fingerprint density at radius 3 is 2.38 bits per heavy atom. The fourth-order valence-corrected chi connectivity index (χ4v) is 2.73. The molecule has 3 aromatic rings. The molecule has 122 valence electrons. The summed E-state index contributed by atoms with van der Waals surface area (Å²) in [5.74, 6) is -0.0711. The van der Waals surface area contributed by atoms with Crippen LogP contribution in [0.25, 0.3) is 5.69 Å². The van der Waals surface area contributed by atoms with Gasteiger partial charge in [-0.05, 0) is 62.2 Å². The lowest BCUT2D eigenvalue weighted by atomic mass is 10.1. The molecule has 0 saturated heterocycles. The van der Waals surface area contributed by atoms with E-state index in [1.54, 1.807) is 0 Å². The van der Waals surface area contributed by atoms with Gasteiger partial charge in [-0.25, -0.2) is 4.68 Å². The maximum Gasteiger partial charge on any atom is 0.251 e. The Bertz CT molecular complexity index is 863. The molecular formula is C20H21N3O. The van der Waals surface area contributed by atoms with Crippen LogP contribution in [-0.2, 0) is 6.54 Å².